The van der Waals surface area contributed by atoms with Crippen molar-refractivity contribution in [2.24, 2.45) is 5.41 Å². The summed E-state index contributed by atoms with van der Waals surface area (Å²) in [6, 6.07) is 8.79. The summed E-state index contributed by atoms with van der Waals surface area (Å²) in [5.41, 5.74) is 2.59. The maximum Gasteiger partial charge on any atom is 0.324 e. The number of hydrogen-bond acceptors (Lipinski definition) is 1. The Hall–Kier alpha value is -1.51. The molecule has 0 radical (unpaired) electrons. The number of hydrogen-bond donors (Lipinski definition) is 0. The van der Waals surface area contributed by atoms with Gasteiger partial charge in [-0.2, -0.15) is 0 Å². The summed E-state index contributed by atoms with van der Waals surface area (Å²) >= 11 is 0. The summed E-state index contributed by atoms with van der Waals surface area (Å²) in [4.78, 5) is 16.5. The van der Waals surface area contributed by atoms with Crippen LogP contribution in [0.5, 0.6) is 0 Å². The van der Waals surface area contributed by atoms with E-state index in [4.69, 9.17) is 0 Å². The lowest BCUT2D eigenvalue weighted by Gasteiger charge is -2.26. The Morgan fingerprint density at radius 3 is 2.72 bits per heavy atom. The fourth-order valence-corrected chi connectivity index (χ4v) is 3.06. The van der Waals surface area contributed by atoms with E-state index in [9.17, 15) is 4.79 Å². The second-order valence-electron chi connectivity index (χ2n) is 6.58. The van der Waals surface area contributed by atoms with Crippen LogP contribution >= 0.6 is 0 Å². The summed E-state index contributed by atoms with van der Waals surface area (Å²) in [5.74, 6) is 0. The highest BCUT2D eigenvalue weighted by molar-refractivity contribution is 5.97. The molecule has 0 spiro atoms. The first-order chi connectivity index (χ1) is 8.46. The van der Waals surface area contributed by atoms with E-state index in [-0.39, 0.29) is 11.4 Å². The lowest BCUT2D eigenvalue weighted by molar-refractivity contribution is 0.196. The first-order valence-corrected chi connectivity index (χ1v) is 6.62. The van der Waals surface area contributed by atoms with E-state index in [0.29, 0.717) is 6.04 Å². The van der Waals surface area contributed by atoms with Gasteiger partial charge in [0, 0.05) is 18.8 Å². The van der Waals surface area contributed by atoms with Gasteiger partial charge in [-0.05, 0) is 23.5 Å². The molecule has 3 heteroatoms. The van der Waals surface area contributed by atoms with Gasteiger partial charge in [0.1, 0.15) is 0 Å². The van der Waals surface area contributed by atoms with Crippen molar-refractivity contribution in [1.82, 2.24) is 4.90 Å². The molecule has 2 heterocycles. The molecule has 2 aliphatic rings. The first kappa shape index (κ1) is 11.6. The topological polar surface area (TPSA) is 23.6 Å². The van der Waals surface area contributed by atoms with E-state index in [1.165, 1.54) is 5.56 Å². The Balaban J connectivity index is 1.85. The molecule has 1 aromatic rings. The van der Waals surface area contributed by atoms with E-state index in [0.717, 1.165) is 25.2 Å². The zero-order chi connectivity index (χ0) is 12.9. The molecule has 1 unspecified atom stereocenters. The molecule has 3 nitrogen and oxygen atoms in total. The summed E-state index contributed by atoms with van der Waals surface area (Å²) in [6.45, 7) is 8.23. The molecule has 1 saturated heterocycles. The molecular weight excluding hydrogens is 224 g/mol. The third kappa shape index (κ3) is 1.78. The maximum absolute atomic E-state index is 12.5. The Morgan fingerprint density at radius 1 is 1.28 bits per heavy atom. The van der Waals surface area contributed by atoms with Crippen molar-refractivity contribution in [1.29, 1.82) is 0 Å². The first-order valence-electron chi connectivity index (χ1n) is 6.62. The van der Waals surface area contributed by atoms with E-state index in [2.05, 4.69) is 39.0 Å². The molecule has 0 aromatic heterocycles. The molecule has 3 rings (SSSR count). The van der Waals surface area contributed by atoms with Crippen molar-refractivity contribution in [3.05, 3.63) is 29.8 Å². The van der Waals surface area contributed by atoms with Crippen molar-refractivity contribution in [2.45, 2.75) is 33.2 Å². The second kappa shape index (κ2) is 3.74. The molecule has 1 aromatic carbocycles. The average Bonchev–Trinajstić information content (AvgIpc) is 2.75. The van der Waals surface area contributed by atoms with Crippen LogP contribution in [0.15, 0.2) is 24.3 Å². The van der Waals surface area contributed by atoms with Crippen LogP contribution in [0.2, 0.25) is 0 Å². The number of carbonyl (C=O) groups is 1. The predicted molar refractivity (Wildman–Crippen MR) is 72.8 cm³/mol. The third-order valence-electron chi connectivity index (χ3n) is 3.64. The number of para-hydroxylation sites is 1. The monoisotopic (exact) mass is 244 g/mol. The van der Waals surface area contributed by atoms with Gasteiger partial charge in [-0.25, -0.2) is 4.79 Å². The fourth-order valence-electron chi connectivity index (χ4n) is 3.06. The number of fused-ring (bicyclic) bond motifs is 3. The molecule has 0 saturated carbocycles. The van der Waals surface area contributed by atoms with Crippen molar-refractivity contribution >= 4 is 11.7 Å². The Morgan fingerprint density at radius 2 is 2.00 bits per heavy atom. The quantitative estimate of drug-likeness (QED) is 0.745. The Bertz CT molecular complexity index is 490. The minimum atomic E-state index is 0.162. The van der Waals surface area contributed by atoms with Gasteiger partial charge in [0.25, 0.3) is 0 Å². The van der Waals surface area contributed by atoms with Crippen LogP contribution in [0, 0.1) is 5.41 Å². The van der Waals surface area contributed by atoms with Gasteiger partial charge in [0.2, 0.25) is 0 Å². The highest BCUT2D eigenvalue weighted by Gasteiger charge is 2.43. The van der Waals surface area contributed by atoms with Crippen molar-refractivity contribution in [2.75, 3.05) is 18.0 Å². The Labute approximate surface area is 108 Å². The molecule has 2 aliphatic heterocycles. The fraction of sp³-hybridized carbons (Fsp3) is 0.533. The molecule has 18 heavy (non-hydrogen) atoms. The van der Waals surface area contributed by atoms with Gasteiger partial charge in [-0.3, -0.25) is 4.90 Å². The van der Waals surface area contributed by atoms with Gasteiger partial charge in [-0.15, -0.1) is 0 Å². The molecule has 2 amide bonds. The van der Waals surface area contributed by atoms with E-state index >= 15 is 0 Å². The van der Waals surface area contributed by atoms with Crippen LogP contribution in [0.25, 0.3) is 0 Å². The molecule has 0 aliphatic carbocycles. The molecule has 1 fully saturated rings. The largest absolute Gasteiger partial charge is 0.324 e. The summed E-state index contributed by atoms with van der Waals surface area (Å²) < 4.78 is 0. The predicted octanol–water partition coefficient (Wildman–Crippen LogP) is 2.90. The number of carbonyl (C=O) groups excluding carboxylic acids is 1. The van der Waals surface area contributed by atoms with Crippen LogP contribution in [0.3, 0.4) is 0 Å². The number of benzene rings is 1. The van der Waals surface area contributed by atoms with Crippen LogP contribution < -0.4 is 4.90 Å². The number of nitrogens with zero attached hydrogens (tertiary/aromatic N) is 2. The minimum absolute atomic E-state index is 0.162. The number of rotatable bonds is 1. The van der Waals surface area contributed by atoms with Crippen molar-refractivity contribution in [3.8, 4) is 0 Å². The number of urea groups is 1. The second-order valence-corrected chi connectivity index (χ2v) is 6.58. The van der Waals surface area contributed by atoms with Crippen LogP contribution in [-0.2, 0) is 6.42 Å². The summed E-state index contributed by atoms with van der Waals surface area (Å²) in [7, 11) is 0. The maximum atomic E-state index is 12.5. The van der Waals surface area contributed by atoms with Gasteiger partial charge in [0.05, 0.1) is 6.04 Å². The molecule has 96 valence electrons. The van der Waals surface area contributed by atoms with Crippen molar-refractivity contribution < 1.29 is 4.79 Å². The zero-order valence-electron chi connectivity index (χ0n) is 11.3. The Kier molecular flexibility index (Phi) is 2.40. The molecule has 0 N–H and O–H groups in total. The van der Waals surface area contributed by atoms with Crippen LogP contribution in [0.4, 0.5) is 10.5 Å². The summed E-state index contributed by atoms with van der Waals surface area (Å²) in [5, 5.41) is 0. The van der Waals surface area contributed by atoms with Gasteiger partial charge in [-0.1, -0.05) is 39.0 Å². The van der Waals surface area contributed by atoms with Crippen LogP contribution in [0.1, 0.15) is 26.3 Å². The van der Waals surface area contributed by atoms with Gasteiger partial charge >= 0.3 is 6.03 Å². The van der Waals surface area contributed by atoms with Crippen LogP contribution in [-0.4, -0.2) is 30.1 Å². The SMILES string of the molecule is CC(C)(C)CN1CC2Cc3ccccc3N2C1=O. The van der Waals surface area contributed by atoms with E-state index in [1.54, 1.807) is 0 Å². The zero-order valence-corrected chi connectivity index (χ0v) is 11.3. The lowest BCUT2D eigenvalue weighted by Crippen LogP contribution is -2.37. The number of amides is 2. The normalized spacial score (nSPS) is 22.4. The smallest absolute Gasteiger partial charge is 0.322 e. The third-order valence-corrected chi connectivity index (χ3v) is 3.64. The molecular formula is C15H20N2O. The summed E-state index contributed by atoms with van der Waals surface area (Å²) in [6.07, 6.45) is 1.00. The average molecular weight is 244 g/mol. The van der Waals surface area contributed by atoms with E-state index < -0.39 is 0 Å². The number of anilines is 1. The molecule has 1 atom stereocenters. The minimum Gasteiger partial charge on any atom is -0.322 e. The van der Waals surface area contributed by atoms with Gasteiger partial charge < -0.3 is 4.90 Å². The molecule has 0 bridgehead atoms. The van der Waals surface area contributed by atoms with Crippen molar-refractivity contribution in [3.63, 3.8) is 0 Å². The van der Waals surface area contributed by atoms with E-state index in [1.807, 2.05) is 15.9 Å². The van der Waals surface area contributed by atoms with Gasteiger partial charge in [0.15, 0.2) is 0 Å². The lowest BCUT2D eigenvalue weighted by atomic mass is 9.96. The highest BCUT2D eigenvalue weighted by Crippen LogP contribution is 2.37. The standard InChI is InChI=1S/C15H20N2O/c1-15(2,3)10-16-9-12-8-11-6-4-5-7-13(11)17(12)14(16)18/h4-7,12H,8-10H2,1-3H3. The highest BCUT2D eigenvalue weighted by atomic mass is 16.2.